The zero-order valence-electron chi connectivity index (χ0n) is 20.0. The zero-order valence-corrected chi connectivity index (χ0v) is 20.8. The van der Waals surface area contributed by atoms with Gasteiger partial charge in [-0.05, 0) is 37.1 Å². The third-order valence-electron chi connectivity index (χ3n) is 5.39. The fraction of sp³-hybridized carbons (Fsp3) is 0.333. The molecule has 0 radical (unpaired) electrons. The first-order valence-corrected chi connectivity index (χ1v) is 12.8. The molecule has 1 aliphatic heterocycles. The number of nitrogens with one attached hydrogen (secondary N) is 2. The van der Waals surface area contributed by atoms with Gasteiger partial charge in [0.05, 0.1) is 17.0 Å². The van der Waals surface area contributed by atoms with E-state index in [0.29, 0.717) is 30.1 Å². The summed E-state index contributed by atoms with van der Waals surface area (Å²) in [6.07, 6.45) is -0.218. The van der Waals surface area contributed by atoms with Crippen LogP contribution in [0.5, 0.6) is 0 Å². The molecular weight excluding hydrogens is 486 g/mol. The second-order valence-electron chi connectivity index (χ2n) is 8.24. The summed E-state index contributed by atoms with van der Waals surface area (Å²) in [6.45, 7) is 3.78. The molecule has 0 saturated heterocycles. The van der Waals surface area contributed by atoms with Gasteiger partial charge in [0.2, 0.25) is 15.9 Å². The highest BCUT2D eigenvalue weighted by molar-refractivity contribution is 7.89. The van der Waals surface area contributed by atoms with E-state index in [1.165, 1.54) is 12.1 Å². The Hall–Kier alpha value is -3.77. The number of carboxylic acid groups (broad SMARTS) is 1. The van der Waals surface area contributed by atoms with E-state index in [2.05, 4.69) is 20.2 Å². The second kappa shape index (κ2) is 11.8. The van der Waals surface area contributed by atoms with Gasteiger partial charge in [0.25, 0.3) is 0 Å². The number of carbonyl (C=O) groups excluding carboxylic acids is 1. The number of carboxylic acids is 1. The van der Waals surface area contributed by atoms with Crippen molar-refractivity contribution in [3.8, 4) is 0 Å². The Bertz CT molecular complexity index is 1270. The van der Waals surface area contributed by atoms with Gasteiger partial charge >= 0.3 is 5.97 Å². The topological polar surface area (TPSA) is 173 Å². The maximum atomic E-state index is 12.5. The van der Waals surface area contributed by atoms with Crippen LogP contribution in [0.2, 0.25) is 0 Å². The number of sulfonamides is 1. The van der Waals surface area contributed by atoms with Gasteiger partial charge in [-0.2, -0.15) is 4.72 Å². The van der Waals surface area contributed by atoms with Crippen molar-refractivity contribution in [3.63, 3.8) is 0 Å². The molecule has 0 spiro atoms. The fourth-order valence-corrected chi connectivity index (χ4v) is 4.81. The van der Waals surface area contributed by atoms with Gasteiger partial charge in [0.15, 0.2) is 0 Å². The first-order valence-electron chi connectivity index (χ1n) is 11.3. The van der Waals surface area contributed by atoms with E-state index in [-0.39, 0.29) is 11.3 Å². The predicted molar refractivity (Wildman–Crippen MR) is 134 cm³/mol. The van der Waals surface area contributed by atoms with Crippen molar-refractivity contribution >= 4 is 33.4 Å². The van der Waals surface area contributed by atoms with Crippen molar-refractivity contribution in [2.45, 2.75) is 43.7 Å². The molecule has 3 rings (SSSR count). The molecule has 11 nitrogen and oxygen atoms in total. The van der Waals surface area contributed by atoms with E-state index in [1.807, 2.05) is 31.2 Å². The van der Waals surface area contributed by atoms with E-state index in [9.17, 15) is 23.1 Å². The highest BCUT2D eigenvalue weighted by Crippen LogP contribution is 2.19. The lowest BCUT2D eigenvalue weighted by Crippen LogP contribution is -2.48. The number of nitrogens with zero attached hydrogens (tertiary/aromatic N) is 2. The van der Waals surface area contributed by atoms with Crippen LogP contribution in [0.4, 0.5) is 0 Å². The molecule has 0 bridgehead atoms. The Kier molecular flexibility index (Phi) is 8.78. The van der Waals surface area contributed by atoms with Crippen LogP contribution in [-0.4, -0.2) is 62.2 Å². The maximum Gasteiger partial charge on any atom is 0.323 e. The standard InChI is InChI=1S/C24H29N5O6S/c1-3-26-23(25)17-9-7-16(8-10-17)20-12-18(35-28-20)13-22(30)27-14-21(24(31)32)29-36(33,34)19-6-4-5-15(2)11-19/h4-11,18,21,29H,3,12-14H2,1-2H3,(H2,25,26)(H,27,30)(H,31,32)/t18-,21+/m1/s1. The van der Waals surface area contributed by atoms with E-state index >= 15 is 0 Å². The molecule has 1 amide bonds. The summed E-state index contributed by atoms with van der Waals surface area (Å²) >= 11 is 0. The number of carbonyl (C=O) groups is 2. The lowest BCUT2D eigenvalue weighted by molar-refractivity contribution is -0.138. The largest absolute Gasteiger partial charge is 0.480 e. The first kappa shape index (κ1) is 26.8. The molecule has 0 fully saturated rings. The second-order valence-corrected chi connectivity index (χ2v) is 9.96. The van der Waals surface area contributed by atoms with Gasteiger partial charge in [-0.15, -0.1) is 0 Å². The van der Waals surface area contributed by atoms with Gasteiger partial charge in [-0.1, -0.05) is 41.6 Å². The summed E-state index contributed by atoms with van der Waals surface area (Å²) in [5, 5.41) is 16.0. The van der Waals surface area contributed by atoms with Gasteiger partial charge in [0.1, 0.15) is 18.0 Å². The first-order chi connectivity index (χ1) is 17.1. The van der Waals surface area contributed by atoms with Crippen LogP contribution in [0, 0.1) is 6.92 Å². The summed E-state index contributed by atoms with van der Waals surface area (Å²) < 4.78 is 27.2. The van der Waals surface area contributed by atoms with E-state index in [0.717, 1.165) is 11.1 Å². The Labute approximate surface area is 209 Å². The number of benzene rings is 2. The summed E-state index contributed by atoms with van der Waals surface area (Å²) in [5.74, 6) is -1.46. The molecule has 0 saturated carbocycles. The van der Waals surface area contributed by atoms with Gasteiger partial charge in [-0.3, -0.25) is 14.6 Å². The molecule has 2 aromatic rings. The van der Waals surface area contributed by atoms with Gasteiger partial charge < -0.3 is 21.0 Å². The Morgan fingerprint density at radius 3 is 2.61 bits per heavy atom. The number of hydrogen-bond donors (Lipinski definition) is 4. The van der Waals surface area contributed by atoms with Crippen LogP contribution in [0.15, 0.2) is 63.6 Å². The number of oxime groups is 1. The normalized spacial score (nSPS) is 16.7. The molecule has 12 heteroatoms. The minimum Gasteiger partial charge on any atom is -0.480 e. The van der Waals surface area contributed by atoms with Crippen molar-refractivity contribution in [1.29, 1.82) is 0 Å². The molecule has 0 aliphatic carbocycles. The van der Waals surface area contributed by atoms with E-state index in [4.69, 9.17) is 10.6 Å². The van der Waals surface area contributed by atoms with Crippen molar-refractivity contribution < 1.29 is 28.0 Å². The average Bonchev–Trinajstić information content (AvgIpc) is 3.30. The Morgan fingerprint density at radius 1 is 1.25 bits per heavy atom. The average molecular weight is 516 g/mol. The molecule has 1 aliphatic rings. The predicted octanol–water partition coefficient (Wildman–Crippen LogP) is 1.15. The smallest absolute Gasteiger partial charge is 0.323 e. The third-order valence-corrected chi connectivity index (χ3v) is 6.86. The number of nitrogens with two attached hydrogens (primary N) is 1. The molecule has 1 heterocycles. The highest BCUT2D eigenvalue weighted by Gasteiger charge is 2.28. The van der Waals surface area contributed by atoms with Crippen molar-refractivity contribution in [3.05, 3.63) is 65.2 Å². The quantitative estimate of drug-likeness (QED) is 0.257. The van der Waals surface area contributed by atoms with Crippen LogP contribution in [0.25, 0.3) is 0 Å². The van der Waals surface area contributed by atoms with Gasteiger partial charge in [0, 0.05) is 25.1 Å². The number of amides is 1. The summed E-state index contributed by atoms with van der Waals surface area (Å²) in [5.41, 5.74) is 8.89. The van der Waals surface area contributed by atoms with Crippen LogP contribution in [-0.2, 0) is 24.4 Å². The summed E-state index contributed by atoms with van der Waals surface area (Å²) in [7, 11) is -4.09. The van der Waals surface area contributed by atoms with Crippen molar-refractivity contribution in [2.75, 3.05) is 13.1 Å². The SMILES string of the molecule is CCN=C(N)c1ccc(C2=NO[C@@H](CC(=O)NC[C@H](NS(=O)(=O)c3cccc(C)c3)C(=O)O)C2)cc1. The molecular formula is C24H29N5O6S. The molecule has 36 heavy (non-hydrogen) atoms. The fourth-order valence-electron chi connectivity index (χ4n) is 3.52. The monoisotopic (exact) mass is 515 g/mol. The maximum absolute atomic E-state index is 12.5. The Balaban J connectivity index is 1.52. The summed E-state index contributed by atoms with van der Waals surface area (Å²) in [4.78, 5) is 33.5. The number of aliphatic imine (C=N–C) groups is 1. The Morgan fingerprint density at radius 2 is 1.97 bits per heavy atom. The number of amidine groups is 1. The summed E-state index contributed by atoms with van der Waals surface area (Å²) in [6, 6.07) is 11.9. The minimum atomic E-state index is -4.09. The number of aryl methyl sites for hydroxylation is 1. The molecule has 2 aromatic carbocycles. The van der Waals surface area contributed by atoms with Crippen LogP contribution in [0.1, 0.15) is 36.5 Å². The molecule has 192 valence electrons. The van der Waals surface area contributed by atoms with Crippen LogP contribution < -0.4 is 15.8 Å². The van der Waals surface area contributed by atoms with Gasteiger partial charge in [-0.25, -0.2) is 8.42 Å². The van der Waals surface area contributed by atoms with Crippen LogP contribution in [0.3, 0.4) is 0 Å². The molecule has 5 N–H and O–H groups in total. The number of hydrogen-bond acceptors (Lipinski definition) is 7. The van der Waals surface area contributed by atoms with Crippen molar-refractivity contribution in [2.24, 2.45) is 15.9 Å². The molecule has 2 atom stereocenters. The molecule has 0 aromatic heterocycles. The number of rotatable bonds is 11. The van der Waals surface area contributed by atoms with Crippen LogP contribution >= 0.6 is 0 Å². The zero-order chi connectivity index (χ0) is 26.3. The van der Waals surface area contributed by atoms with E-state index < -0.39 is 40.6 Å². The highest BCUT2D eigenvalue weighted by atomic mass is 32.2. The number of aliphatic carboxylic acids is 1. The third kappa shape index (κ3) is 7.12. The lowest BCUT2D eigenvalue weighted by Gasteiger charge is -2.16. The molecule has 0 unspecified atom stereocenters. The minimum absolute atomic E-state index is 0.0579. The van der Waals surface area contributed by atoms with E-state index in [1.54, 1.807) is 19.1 Å². The van der Waals surface area contributed by atoms with Crippen molar-refractivity contribution in [1.82, 2.24) is 10.0 Å². The lowest BCUT2D eigenvalue weighted by atomic mass is 10.0.